The van der Waals surface area contributed by atoms with Gasteiger partial charge in [0.1, 0.15) is 12.3 Å². The SMILES string of the molecule is C[C@]12CCC3c4ccc(O)cc4CC[C@H]3[C@@H]1CC[C@@H]2C(=O)Cn1nccn1. The summed E-state index contributed by atoms with van der Waals surface area (Å²) in [5.74, 6) is 2.70. The second-order valence-corrected chi connectivity index (χ2v) is 9.00. The third-order valence-corrected chi connectivity index (χ3v) is 7.86. The Kier molecular flexibility index (Phi) is 3.88. The summed E-state index contributed by atoms with van der Waals surface area (Å²) in [5.41, 5.74) is 2.89. The summed E-state index contributed by atoms with van der Waals surface area (Å²) in [7, 11) is 0. The van der Waals surface area contributed by atoms with Crippen molar-refractivity contribution in [2.75, 3.05) is 0 Å². The minimum Gasteiger partial charge on any atom is -0.508 e. The molecule has 0 radical (unpaired) electrons. The molecule has 3 aliphatic rings. The van der Waals surface area contributed by atoms with Gasteiger partial charge in [-0.1, -0.05) is 13.0 Å². The molecule has 3 aliphatic carbocycles. The summed E-state index contributed by atoms with van der Waals surface area (Å²) in [6, 6.07) is 5.94. The second-order valence-electron chi connectivity index (χ2n) is 9.00. The summed E-state index contributed by atoms with van der Waals surface area (Å²) in [4.78, 5) is 14.6. The molecule has 1 heterocycles. The number of hydrogen-bond acceptors (Lipinski definition) is 4. The smallest absolute Gasteiger partial charge is 0.159 e. The first kappa shape index (κ1) is 17.0. The van der Waals surface area contributed by atoms with Crippen LogP contribution in [0.2, 0.25) is 0 Å². The molecule has 0 bridgehead atoms. The fourth-order valence-electron chi connectivity index (χ4n) is 6.67. The second kappa shape index (κ2) is 6.18. The highest BCUT2D eigenvalue weighted by Crippen LogP contribution is 2.63. The lowest BCUT2D eigenvalue weighted by atomic mass is 9.54. The predicted octanol–water partition coefficient (Wildman–Crippen LogP) is 3.73. The molecule has 5 nitrogen and oxygen atoms in total. The van der Waals surface area contributed by atoms with Crippen molar-refractivity contribution in [3.05, 3.63) is 41.7 Å². The lowest BCUT2D eigenvalue weighted by Gasteiger charge is -2.50. The van der Waals surface area contributed by atoms with Gasteiger partial charge in [0.05, 0.1) is 12.4 Å². The fraction of sp³-hybridized carbons (Fsp3) is 0.591. The van der Waals surface area contributed by atoms with E-state index < -0.39 is 0 Å². The van der Waals surface area contributed by atoms with Gasteiger partial charge in [-0.25, -0.2) is 0 Å². The third kappa shape index (κ3) is 2.62. The molecule has 1 aromatic carbocycles. The van der Waals surface area contributed by atoms with Gasteiger partial charge < -0.3 is 5.11 Å². The van der Waals surface area contributed by atoms with Crippen LogP contribution < -0.4 is 0 Å². The van der Waals surface area contributed by atoms with Crippen LogP contribution in [-0.4, -0.2) is 25.9 Å². The number of aromatic hydroxyl groups is 1. The summed E-state index contributed by atoms with van der Waals surface area (Å²) in [6.45, 7) is 2.67. The number of nitrogens with zero attached hydrogens (tertiary/aromatic N) is 3. The molecular formula is C22H27N3O2. The highest BCUT2D eigenvalue weighted by molar-refractivity contribution is 5.82. The van der Waals surface area contributed by atoms with Gasteiger partial charge in [-0.3, -0.25) is 4.79 Å². The van der Waals surface area contributed by atoms with Gasteiger partial charge in [0, 0.05) is 5.92 Å². The normalized spacial score (nSPS) is 34.6. The van der Waals surface area contributed by atoms with Gasteiger partial charge in [-0.05, 0) is 85.0 Å². The predicted molar refractivity (Wildman–Crippen MR) is 101 cm³/mol. The Morgan fingerprint density at radius 3 is 2.85 bits per heavy atom. The number of hydrogen-bond donors (Lipinski definition) is 1. The van der Waals surface area contributed by atoms with E-state index in [1.165, 1.54) is 22.3 Å². The third-order valence-electron chi connectivity index (χ3n) is 7.86. The number of carbonyl (C=O) groups excluding carboxylic acids is 1. The van der Waals surface area contributed by atoms with Crippen LogP contribution in [0.25, 0.3) is 0 Å². The molecule has 5 rings (SSSR count). The zero-order chi connectivity index (χ0) is 18.6. The quantitative estimate of drug-likeness (QED) is 0.900. The van der Waals surface area contributed by atoms with Crippen LogP contribution in [0.1, 0.15) is 56.1 Å². The average Bonchev–Trinajstić information content (AvgIpc) is 3.28. The maximum Gasteiger partial charge on any atom is 0.159 e. The molecule has 5 heteroatoms. The molecule has 142 valence electrons. The van der Waals surface area contributed by atoms with Crippen molar-refractivity contribution in [3.8, 4) is 5.75 Å². The Hall–Kier alpha value is -2.17. The maximum atomic E-state index is 13.0. The number of phenolic OH excluding ortho intramolecular Hbond substituents is 1. The van der Waals surface area contributed by atoms with Crippen molar-refractivity contribution in [2.45, 2.75) is 57.9 Å². The first-order valence-corrected chi connectivity index (χ1v) is 10.2. The molecule has 2 fully saturated rings. The number of rotatable bonds is 3. The van der Waals surface area contributed by atoms with Crippen molar-refractivity contribution < 1.29 is 9.90 Å². The van der Waals surface area contributed by atoms with Crippen LogP contribution >= 0.6 is 0 Å². The minimum atomic E-state index is 0.111. The average molecular weight is 365 g/mol. The molecule has 0 aliphatic heterocycles. The molecular weight excluding hydrogens is 338 g/mol. The Morgan fingerprint density at radius 2 is 2.04 bits per heavy atom. The monoisotopic (exact) mass is 365 g/mol. The molecule has 2 saturated carbocycles. The molecule has 1 aromatic heterocycles. The van der Waals surface area contributed by atoms with Crippen LogP contribution in [-0.2, 0) is 17.8 Å². The van der Waals surface area contributed by atoms with Crippen molar-refractivity contribution >= 4 is 5.78 Å². The van der Waals surface area contributed by atoms with E-state index in [-0.39, 0.29) is 11.3 Å². The number of aryl methyl sites for hydroxylation is 1. The van der Waals surface area contributed by atoms with Crippen LogP contribution in [0.3, 0.4) is 0 Å². The van der Waals surface area contributed by atoms with E-state index in [0.717, 1.165) is 32.1 Å². The van der Waals surface area contributed by atoms with E-state index in [2.05, 4.69) is 23.2 Å². The van der Waals surface area contributed by atoms with Crippen molar-refractivity contribution in [3.63, 3.8) is 0 Å². The lowest BCUT2D eigenvalue weighted by molar-refractivity contribution is -0.129. The zero-order valence-electron chi connectivity index (χ0n) is 15.8. The standard InChI is InChI=1S/C22H27N3O2/c1-22-9-8-17-16-5-3-15(26)12-14(16)2-4-18(17)19(22)6-7-20(22)21(27)13-25-23-10-11-24-25/h3,5,10-12,17-20,26H,2,4,6-9,13H2,1H3/t17?,18-,19+,20-,22+/m1/s1. The van der Waals surface area contributed by atoms with Gasteiger partial charge >= 0.3 is 0 Å². The largest absolute Gasteiger partial charge is 0.508 e. The number of fused-ring (bicyclic) bond motifs is 5. The van der Waals surface area contributed by atoms with Crippen LogP contribution in [0, 0.1) is 23.2 Å². The summed E-state index contributed by atoms with van der Waals surface area (Å²) < 4.78 is 0. The van der Waals surface area contributed by atoms with Crippen LogP contribution in [0.4, 0.5) is 0 Å². The zero-order valence-corrected chi connectivity index (χ0v) is 15.8. The van der Waals surface area contributed by atoms with E-state index in [4.69, 9.17) is 0 Å². The van der Waals surface area contributed by atoms with Gasteiger partial charge in [0.2, 0.25) is 0 Å². The molecule has 0 amide bonds. The summed E-state index contributed by atoms with van der Waals surface area (Å²) >= 11 is 0. The highest BCUT2D eigenvalue weighted by Gasteiger charge is 2.56. The van der Waals surface area contributed by atoms with Gasteiger partial charge in [0.25, 0.3) is 0 Å². The number of benzene rings is 1. The molecule has 0 saturated heterocycles. The Labute approximate surface area is 159 Å². The molecule has 1 N–H and O–H groups in total. The Morgan fingerprint density at radius 1 is 1.22 bits per heavy atom. The maximum absolute atomic E-state index is 13.0. The molecule has 5 atom stereocenters. The van der Waals surface area contributed by atoms with Gasteiger partial charge in [-0.2, -0.15) is 15.0 Å². The first-order chi connectivity index (χ1) is 13.1. The summed E-state index contributed by atoms with van der Waals surface area (Å²) in [5, 5.41) is 18.1. The molecule has 2 aromatic rings. The van der Waals surface area contributed by atoms with E-state index in [0.29, 0.717) is 35.8 Å². The van der Waals surface area contributed by atoms with Gasteiger partial charge in [-0.15, -0.1) is 0 Å². The highest BCUT2D eigenvalue weighted by atomic mass is 16.3. The lowest BCUT2D eigenvalue weighted by Crippen LogP contribution is -2.44. The molecule has 0 spiro atoms. The Bertz CT molecular complexity index is 862. The van der Waals surface area contributed by atoms with Crippen molar-refractivity contribution in [2.24, 2.45) is 23.2 Å². The molecule has 27 heavy (non-hydrogen) atoms. The number of ketones is 1. The fourth-order valence-corrected chi connectivity index (χ4v) is 6.67. The number of phenols is 1. The number of carbonyl (C=O) groups is 1. The van der Waals surface area contributed by atoms with Crippen molar-refractivity contribution in [1.82, 2.24) is 15.0 Å². The van der Waals surface area contributed by atoms with E-state index >= 15 is 0 Å². The van der Waals surface area contributed by atoms with Crippen molar-refractivity contribution in [1.29, 1.82) is 0 Å². The summed E-state index contributed by atoms with van der Waals surface area (Å²) in [6.07, 6.45) is 9.93. The van der Waals surface area contributed by atoms with Gasteiger partial charge in [0.15, 0.2) is 5.78 Å². The van der Waals surface area contributed by atoms with E-state index in [9.17, 15) is 9.90 Å². The topological polar surface area (TPSA) is 68.0 Å². The first-order valence-electron chi connectivity index (χ1n) is 10.2. The number of Topliss-reactive ketones (excluding diaryl/α,β-unsaturated/α-hetero) is 1. The van der Waals surface area contributed by atoms with Crippen LogP contribution in [0.15, 0.2) is 30.6 Å². The Balaban J connectivity index is 1.39. The minimum absolute atomic E-state index is 0.111. The number of aromatic nitrogens is 3. The van der Waals surface area contributed by atoms with Crippen LogP contribution in [0.5, 0.6) is 5.75 Å². The molecule has 1 unspecified atom stereocenters. The van der Waals surface area contributed by atoms with E-state index in [1.807, 2.05) is 12.1 Å². The van der Waals surface area contributed by atoms with E-state index in [1.54, 1.807) is 12.4 Å².